The minimum Gasteiger partial charge on any atom is -0.252 e. The molecule has 1 atom stereocenters. The van der Waals surface area contributed by atoms with Crippen LogP contribution in [-0.4, -0.2) is 5.71 Å². The maximum absolute atomic E-state index is 5.33. The maximum atomic E-state index is 5.33. The van der Waals surface area contributed by atoms with Crippen molar-refractivity contribution in [2.45, 2.75) is 12.3 Å². The van der Waals surface area contributed by atoms with E-state index in [0.29, 0.717) is 0 Å². The second kappa shape index (κ2) is 14.0. The molecule has 1 aliphatic heterocycles. The van der Waals surface area contributed by atoms with E-state index in [9.17, 15) is 0 Å². The van der Waals surface area contributed by atoms with Gasteiger partial charge >= 0.3 is 0 Å². The second-order valence-corrected chi connectivity index (χ2v) is 16.2. The number of aliphatic imine (C=N–C) groups is 1. The average Bonchev–Trinajstić information content (AvgIpc) is 3.33. The Bertz CT molecular complexity index is 3300. The van der Waals surface area contributed by atoms with Gasteiger partial charge in [-0.05, 0) is 124 Å². The van der Waals surface area contributed by atoms with E-state index in [1.807, 2.05) is 0 Å². The smallest absolute Gasteiger partial charge is 0.0665 e. The van der Waals surface area contributed by atoms with Crippen LogP contribution in [0.15, 0.2) is 223 Å². The molecule has 0 amide bonds. The summed E-state index contributed by atoms with van der Waals surface area (Å²) in [7, 11) is 0. The summed E-state index contributed by atoms with van der Waals surface area (Å²) in [5, 5.41) is 4.99. The first-order valence-corrected chi connectivity index (χ1v) is 21.0. The summed E-state index contributed by atoms with van der Waals surface area (Å²) in [6, 6.07) is 80.3. The lowest BCUT2D eigenvalue weighted by Crippen LogP contribution is -2.24. The van der Waals surface area contributed by atoms with Gasteiger partial charge in [0.15, 0.2) is 0 Å². The van der Waals surface area contributed by atoms with Crippen LogP contribution in [0.1, 0.15) is 22.6 Å². The average molecular weight is 762 g/mol. The van der Waals surface area contributed by atoms with Crippen molar-refractivity contribution >= 4 is 32.9 Å². The molecule has 0 aromatic heterocycles. The summed E-state index contributed by atoms with van der Waals surface area (Å²) in [4.78, 5) is 5.33. The minimum atomic E-state index is 0.249. The zero-order chi connectivity index (χ0) is 39.6. The van der Waals surface area contributed by atoms with Gasteiger partial charge in [-0.3, -0.25) is 4.99 Å². The van der Waals surface area contributed by atoms with E-state index in [4.69, 9.17) is 4.99 Å². The van der Waals surface area contributed by atoms with Crippen LogP contribution in [0, 0.1) is 0 Å². The molecule has 1 heterocycles. The number of rotatable bonds is 5. The molecule has 0 spiro atoms. The van der Waals surface area contributed by atoms with E-state index in [-0.39, 0.29) is 5.92 Å². The molecule has 2 aliphatic rings. The molecule has 60 heavy (non-hydrogen) atoms. The van der Waals surface area contributed by atoms with E-state index < -0.39 is 0 Å². The van der Waals surface area contributed by atoms with Gasteiger partial charge in [0, 0.05) is 11.5 Å². The number of fused-ring (bicyclic) bond motifs is 9. The van der Waals surface area contributed by atoms with Crippen molar-refractivity contribution in [1.29, 1.82) is 0 Å². The van der Waals surface area contributed by atoms with Crippen molar-refractivity contribution in [2.75, 3.05) is 0 Å². The predicted octanol–water partition coefficient (Wildman–Crippen LogP) is 15.8. The standard InChI is InChI=1S/C59H39N/c1-3-13-38(14-4-1)40-23-27-42(28-24-40)57-49-20-10-11-21-50(49)58(43-29-25-41(26-30-43)39-15-5-2-6-16-39)54-36-45(31-33-51(54)57)44-32-34-52-53(35-44)47-18-8-9-19-48(47)55-37-46-17-7-12-22-56(46)60-59(52)55/h1-36,55H,37H2. The third-order valence-corrected chi connectivity index (χ3v) is 12.8. The van der Waals surface area contributed by atoms with Crippen LogP contribution in [-0.2, 0) is 6.42 Å². The molecule has 1 heteroatoms. The summed E-state index contributed by atoms with van der Waals surface area (Å²) in [6.07, 6.45) is 0.970. The van der Waals surface area contributed by atoms with E-state index in [0.717, 1.165) is 12.1 Å². The van der Waals surface area contributed by atoms with Crippen molar-refractivity contribution < 1.29 is 0 Å². The molecule has 0 radical (unpaired) electrons. The van der Waals surface area contributed by atoms with Crippen molar-refractivity contribution in [1.82, 2.24) is 0 Å². The Morgan fingerprint density at radius 3 is 1.48 bits per heavy atom. The van der Waals surface area contributed by atoms with Crippen LogP contribution < -0.4 is 0 Å². The molecule has 10 aromatic carbocycles. The van der Waals surface area contributed by atoms with Crippen LogP contribution in [0.5, 0.6) is 0 Å². The summed E-state index contributed by atoms with van der Waals surface area (Å²) < 4.78 is 0. The largest absolute Gasteiger partial charge is 0.252 e. The van der Waals surface area contributed by atoms with E-state index in [1.165, 1.54) is 111 Å². The highest BCUT2D eigenvalue weighted by Gasteiger charge is 2.33. The fourth-order valence-electron chi connectivity index (χ4n) is 9.94. The van der Waals surface area contributed by atoms with Gasteiger partial charge in [-0.1, -0.05) is 200 Å². The Morgan fingerprint density at radius 2 is 0.800 bits per heavy atom. The van der Waals surface area contributed by atoms with Crippen LogP contribution in [0.25, 0.3) is 88.3 Å². The molecule has 0 fully saturated rings. The predicted molar refractivity (Wildman–Crippen MR) is 253 cm³/mol. The molecule has 1 nitrogen and oxygen atoms in total. The first-order valence-electron chi connectivity index (χ1n) is 21.0. The van der Waals surface area contributed by atoms with Gasteiger partial charge in [-0.25, -0.2) is 0 Å². The topological polar surface area (TPSA) is 12.4 Å². The van der Waals surface area contributed by atoms with Gasteiger partial charge in [0.25, 0.3) is 0 Å². The maximum Gasteiger partial charge on any atom is 0.0665 e. The highest BCUT2D eigenvalue weighted by Crippen LogP contribution is 2.48. The molecule has 1 aliphatic carbocycles. The summed E-state index contributed by atoms with van der Waals surface area (Å²) in [5.41, 5.74) is 21.0. The van der Waals surface area contributed by atoms with Crippen molar-refractivity contribution in [3.63, 3.8) is 0 Å². The van der Waals surface area contributed by atoms with Crippen LogP contribution in [0.2, 0.25) is 0 Å². The lowest BCUT2D eigenvalue weighted by atomic mass is 9.73. The normalized spacial score (nSPS) is 13.9. The Labute approximate surface area is 350 Å². The van der Waals surface area contributed by atoms with Crippen molar-refractivity contribution in [3.8, 4) is 66.8 Å². The van der Waals surface area contributed by atoms with Crippen LogP contribution in [0.4, 0.5) is 5.69 Å². The number of benzene rings is 10. The lowest BCUT2D eigenvalue weighted by molar-refractivity contribution is 0.855. The third-order valence-electron chi connectivity index (χ3n) is 12.8. The number of nitrogens with zero attached hydrogens (tertiary/aromatic N) is 1. The first kappa shape index (κ1) is 34.4. The fourth-order valence-corrected chi connectivity index (χ4v) is 9.94. The van der Waals surface area contributed by atoms with Crippen molar-refractivity contribution in [3.05, 3.63) is 235 Å². The molecular formula is C59H39N. The Kier molecular flexibility index (Phi) is 8.06. The van der Waals surface area contributed by atoms with Crippen LogP contribution >= 0.6 is 0 Å². The van der Waals surface area contributed by atoms with Gasteiger partial charge in [0.1, 0.15) is 0 Å². The van der Waals surface area contributed by atoms with E-state index in [2.05, 4.69) is 218 Å². The Morgan fingerprint density at radius 1 is 0.317 bits per heavy atom. The Hall–Kier alpha value is -7.61. The molecule has 280 valence electrons. The SMILES string of the molecule is c1ccc(-c2ccc(-c3c4ccccc4c(-c4ccc(-c5ccccc5)cc4)c4cc(-c5ccc6c(c5)-c5ccccc5C5Cc7ccccc7N=C65)ccc34)cc2)cc1. The number of para-hydroxylation sites is 1. The van der Waals surface area contributed by atoms with Crippen LogP contribution in [0.3, 0.4) is 0 Å². The molecule has 10 aromatic rings. The number of hydrogen-bond acceptors (Lipinski definition) is 1. The molecule has 0 saturated heterocycles. The molecule has 12 rings (SSSR count). The summed E-state index contributed by atoms with van der Waals surface area (Å²) in [6.45, 7) is 0. The van der Waals surface area contributed by atoms with E-state index >= 15 is 0 Å². The van der Waals surface area contributed by atoms with Gasteiger partial charge in [-0.15, -0.1) is 0 Å². The molecule has 0 bridgehead atoms. The van der Waals surface area contributed by atoms with Gasteiger partial charge in [0.2, 0.25) is 0 Å². The zero-order valence-corrected chi connectivity index (χ0v) is 33.0. The molecule has 1 unspecified atom stereocenters. The molecule has 0 N–H and O–H groups in total. The van der Waals surface area contributed by atoms with Gasteiger partial charge < -0.3 is 0 Å². The molecule has 0 saturated carbocycles. The quantitative estimate of drug-likeness (QED) is 0.155. The minimum absolute atomic E-state index is 0.249. The first-order chi connectivity index (χ1) is 29.7. The number of hydrogen-bond donors (Lipinski definition) is 0. The Balaban J connectivity index is 1.07. The molecular weight excluding hydrogens is 723 g/mol. The summed E-state index contributed by atoms with van der Waals surface area (Å²) >= 11 is 0. The fraction of sp³-hybridized carbons (Fsp3) is 0.0339. The zero-order valence-electron chi connectivity index (χ0n) is 33.0. The van der Waals surface area contributed by atoms with Gasteiger partial charge in [0.05, 0.1) is 11.4 Å². The third kappa shape index (κ3) is 5.66. The summed E-state index contributed by atoms with van der Waals surface area (Å²) in [5.74, 6) is 0.249. The van der Waals surface area contributed by atoms with E-state index in [1.54, 1.807) is 0 Å². The van der Waals surface area contributed by atoms with Crippen molar-refractivity contribution in [2.24, 2.45) is 4.99 Å². The van der Waals surface area contributed by atoms with Gasteiger partial charge in [-0.2, -0.15) is 0 Å². The monoisotopic (exact) mass is 761 g/mol. The second-order valence-electron chi connectivity index (χ2n) is 16.2. The highest BCUT2D eigenvalue weighted by molar-refractivity contribution is 6.22. The highest BCUT2D eigenvalue weighted by atomic mass is 14.8. The lowest BCUT2D eigenvalue weighted by Gasteiger charge is -2.33.